The van der Waals surface area contributed by atoms with Gasteiger partial charge in [-0.25, -0.2) is 9.37 Å². The summed E-state index contributed by atoms with van der Waals surface area (Å²) in [6, 6.07) is 9.84. The predicted molar refractivity (Wildman–Crippen MR) is 131 cm³/mol. The molecule has 0 aliphatic carbocycles. The number of aromatic nitrogens is 2. The van der Waals surface area contributed by atoms with Crippen molar-refractivity contribution >= 4 is 17.5 Å². The van der Waals surface area contributed by atoms with Crippen molar-refractivity contribution in [1.82, 2.24) is 14.5 Å². The number of hydrogen-bond acceptors (Lipinski definition) is 4. The molecule has 4 rings (SSSR count). The summed E-state index contributed by atoms with van der Waals surface area (Å²) in [5, 5.41) is 0. The van der Waals surface area contributed by atoms with Gasteiger partial charge in [0.15, 0.2) is 0 Å². The Hall–Kier alpha value is -4.13. The van der Waals surface area contributed by atoms with Crippen LogP contribution >= 0.6 is 0 Å². The Morgan fingerprint density at radius 1 is 1.14 bits per heavy atom. The van der Waals surface area contributed by atoms with Gasteiger partial charge in [-0.15, -0.1) is 12.3 Å². The van der Waals surface area contributed by atoms with E-state index in [4.69, 9.17) is 11.4 Å². The third-order valence-electron chi connectivity index (χ3n) is 6.22. The van der Waals surface area contributed by atoms with E-state index in [0.29, 0.717) is 42.0 Å². The van der Waals surface area contributed by atoms with Crippen LogP contribution in [-0.4, -0.2) is 33.4 Å². The van der Waals surface area contributed by atoms with Gasteiger partial charge in [0.25, 0.3) is 11.5 Å². The van der Waals surface area contributed by atoms with Crippen LogP contribution in [0.2, 0.25) is 0 Å². The van der Waals surface area contributed by atoms with Crippen molar-refractivity contribution in [2.24, 2.45) is 0 Å². The third kappa shape index (κ3) is 5.35. The summed E-state index contributed by atoms with van der Waals surface area (Å²) in [4.78, 5) is 34.5. The maximum Gasteiger partial charge on any atom is 0.416 e. The zero-order chi connectivity index (χ0) is 26.7. The molecule has 0 bridgehead atoms. The summed E-state index contributed by atoms with van der Waals surface area (Å²) in [5.74, 6) is 1.99. The van der Waals surface area contributed by atoms with E-state index in [1.807, 2.05) is 0 Å². The molecule has 2 heterocycles. The van der Waals surface area contributed by atoms with Crippen molar-refractivity contribution in [2.45, 2.75) is 39.0 Å². The minimum absolute atomic E-state index is 0.0279. The number of halogens is 4. The van der Waals surface area contributed by atoms with Crippen LogP contribution in [0.1, 0.15) is 40.5 Å². The van der Waals surface area contributed by atoms with Crippen LogP contribution in [0.4, 0.5) is 29.2 Å². The molecule has 2 aromatic carbocycles. The van der Waals surface area contributed by atoms with Gasteiger partial charge >= 0.3 is 6.18 Å². The summed E-state index contributed by atoms with van der Waals surface area (Å²) in [6.07, 6.45) is 1.52. The van der Waals surface area contributed by atoms with E-state index in [1.54, 1.807) is 11.8 Å². The molecule has 37 heavy (non-hydrogen) atoms. The topological polar surface area (TPSA) is 58.4 Å². The number of nitrogens with zero attached hydrogens (tertiary/aromatic N) is 4. The molecule has 1 aromatic heterocycles. The second kappa shape index (κ2) is 10.5. The van der Waals surface area contributed by atoms with Gasteiger partial charge in [0.1, 0.15) is 5.82 Å². The fourth-order valence-electron chi connectivity index (χ4n) is 4.30. The summed E-state index contributed by atoms with van der Waals surface area (Å²) in [6.45, 7) is 2.61. The van der Waals surface area contributed by atoms with E-state index in [2.05, 4.69) is 5.92 Å². The number of carbonyl (C=O) groups is 1. The molecular weight excluding hydrogens is 488 g/mol. The second-order valence-electron chi connectivity index (χ2n) is 8.52. The number of fused-ring (bicyclic) bond motifs is 1. The van der Waals surface area contributed by atoms with Crippen LogP contribution in [0, 0.1) is 18.2 Å². The number of benzene rings is 2. The second-order valence-corrected chi connectivity index (χ2v) is 8.52. The van der Waals surface area contributed by atoms with Crippen molar-refractivity contribution in [3.05, 3.63) is 87.1 Å². The average Bonchev–Trinajstić information content (AvgIpc) is 2.88. The van der Waals surface area contributed by atoms with Gasteiger partial charge in [0.2, 0.25) is 5.95 Å². The van der Waals surface area contributed by atoms with Crippen LogP contribution in [0.3, 0.4) is 0 Å². The molecule has 0 atom stereocenters. The van der Waals surface area contributed by atoms with Crippen molar-refractivity contribution in [3.63, 3.8) is 0 Å². The highest BCUT2D eigenvalue weighted by Gasteiger charge is 2.31. The molecule has 0 unspecified atom stereocenters. The predicted octanol–water partition coefficient (Wildman–Crippen LogP) is 4.78. The molecule has 10 heteroatoms. The molecular formula is C27H24F4N4O2. The van der Waals surface area contributed by atoms with Crippen molar-refractivity contribution in [1.29, 1.82) is 0 Å². The monoisotopic (exact) mass is 512 g/mol. The number of amides is 1. The maximum absolute atomic E-state index is 13.6. The number of terminal acetylenes is 1. The lowest BCUT2D eigenvalue weighted by Crippen LogP contribution is -2.42. The number of alkyl halides is 3. The van der Waals surface area contributed by atoms with E-state index >= 15 is 0 Å². The SMILES string of the molecule is C#CCCn1c(N(CC)c2ccc(C(F)(F)F)cc2)nc2c(c1=O)CN(C(=O)c1ccc(F)cc1)CC2. The summed E-state index contributed by atoms with van der Waals surface area (Å²) >= 11 is 0. The highest BCUT2D eigenvalue weighted by atomic mass is 19.4. The van der Waals surface area contributed by atoms with Gasteiger partial charge in [0.05, 0.1) is 23.4 Å². The van der Waals surface area contributed by atoms with Crippen LogP contribution in [0.25, 0.3) is 0 Å². The number of rotatable bonds is 6. The maximum atomic E-state index is 13.6. The van der Waals surface area contributed by atoms with E-state index in [1.165, 1.54) is 45.9 Å². The molecule has 1 aliphatic rings. The lowest BCUT2D eigenvalue weighted by molar-refractivity contribution is -0.137. The van der Waals surface area contributed by atoms with E-state index in [-0.39, 0.29) is 36.9 Å². The molecule has 0 saturated heterocycles. The van der Waals surface area contributed by atoms with E-state index in [9.17, 15) is 27.2 Å². The number of hydrogen-bond donors (Lipinski definition) is 0. The standard InChI is InChI=1S/C27H24F4N4O2/c1-3-5-15-35-25(37)22-17-33(24(36)18-6-10-20(28)11-7-18)16-14-23(22)32-26(35)34(4-2)21-12-8-19(9-13-21)27(29,30)31/h1,6-13H,4-5,14-17H2,2H3. The van der Waals surface area contributed by atoms with Gasteiger partial charge in [-0.05, 0) is 55.5 Å². The fourth-order valence-corrected chi connectivity index (χ4v) is 4.30. The molecule has 0 saturated carbocycles. The first-order valence-electron chi connectivity index (χ1n) is 11.7. The first-order chi connectivity index (χ1) is 17.6. The minimum atomic E-state index is -4.47. The van der Waals surface area contributed by atoms with Crippen molar-refractivity contribution in [3.8, 4) is 12.3 Å². The molecule has 1 amide bonds. The van der Waals surface area contributed by atoms with Gasteiger partial charge in [-0.1, -0.05) is 0 Å². The Labute approximate surface area is 211 Å². The Bertz CT molecular complexity index is 1390. The van der Waals surface area contributed by atoms with Gasteiger partial charge in [-0.2, -0.15) is 13.2 Å². The third-order valence-corrected chi connectivity index (χ3v) is 6.22. The van der Waals surface area contributed by atoms with E-state index < -0.39 is 17.6 Å². The Balaban J connectivity index is 1.72. The molecule has 0 fully saturated rings. The first kappa shape index (κ1) is 25.9. The highest BCUT2D eigenvalue weighted by Crippen LogP contribution is 2.32. The molecule has 0 N–H and O–H groups in total. The molecule has 192 valence electrons. The van der Waals surface area contributed by atoms with Gasteiger partial charge < -0.3 is 9.80 Å². The Kier molecular flexibility index (Phi) is 7.34. The van der Waals surface area contributed by atoms with Crippen molar-refractivity contribution in [2.75, 3.05) is 18.0 Å². The minimum Gasteiger partial charge on any atom is -0.334 e. The van der Waals surface area contributed by atoms with Gasteiger partial charge in [-0.3, -0.25) is 14.2 Å². The van der Waals surface area contributed by atoms with Crippen LogP contribution in [-0.2, 0) is 25.7 Å². The van der Waals surface area contributed by atoms with Crippen molar-refractivity contribution < 1.29 is 22.4 Å². The van der Waals surface area contributed by atoms with Crippen LogP contribution < -0.4 is 10.5 Å². The van der Waals surface area contributed by atoms with Crippen LogP contribution in [0.15, 0.2) is 53.3 Å². The molecule has 1 aliphatic heterocycles. The average molecular weight is 513 g/mol. The fraction of sp³-hybridized carbons (Fsp3) is 0.296. The summed E-state index contributed by atoms with van der Waals surface area (Å²) in [7, 11) is 0. The zero-order valence-electron chi connectivity index (χ0n) is 20.1. The normalized spacial score (nSPS) is 13.1. The smallest absolute Gasteiger partial charge is 0.334 e. The largest absolute Gasteiger partial charge is 0.416 e. The molecule has 3 aromatic rings. The molecule has 0 radical (unpaired) electrons. The molecule has 6 nitrogen and oxygen atoms in total. The molecule has 0 spiro atoms. The van der Waals surface area contributed by atoms with Gasteiger partial charge in [0, 0.05) is 43.7 Å². The summed E-state index contributed by atoms with van der Waals surface area (Å²) < 4.78 is 53.8. The zero-order valence-corrected chi connectivity index (χ0v) is 20.1. The van der Waals surface area contributed by atoms with Crippen LogP contribution in [0.5, 0.6) is 0 Å². The Morgan fingerprint density at radius 2 is 1.81 bits per heavy atom. The number of carbonyl (C=O) groups excluding carboxylic acids is 1. The first-order valence-corrected chi connectivity index (χ1v) is 11.7. The van der Waals surface area contributed by atoms with E-state index in [0.717, 1.165) is 12.1 Å². The summed E-state index contributed by atoms with van der Waals surface area (Å²) in [5.41, 5.74) is 0.484. The Morgan fingerprint density at radius 3 is 2.41 bits per heavy atom. The lowest BCUT2D eigenvalue weighted by atomic mass is 10.1. The highest BCUT2D eigenvalue weighted by molar-refractivity contribution is 5.94. The quantitative estimate of drug-likeness (QED) is 0.352. The number of anilines is 2. The lowest BCUT2D eigenvalue weighted by Gasteiger charge is -2.31.